The third kappa shape index (κ3) is 3.66. The maximum Gasteiger partial charge on any atom is 0.414 e. The van der Waals surface area contributed by atoms with Crippen LogP contribution in [-0.4, -0.2) is 37.9 Å². The van der Waals surface area contributed by atoms with E-state index in [1.165, 1.54) is 34.6 Å². The number of benzene rings is 2. The summed E-state index contributed by atoms with van der Waals surface area (Å²) < 4.78 is 38.2. The van der Waals surface area contributed by atoms with Crippen molar-refractivity contribution in [3.05, 3.63) is 69.5 Å². The normalized spacial score (nSPS) is 17.9. The monoisotopic (exact) mass is 474 g/mol. The number of hydrogen-bond donors (Lipinski definition) is 0. The molecule has 0 atom stereocenters. The van der Waals surface area contributed by atoms with Gasteiger partial charge in [0.05, 0.1) is 10.6 Å². The van der Waals surface area contributed by atoms with E-state index in [0.29, 0.717) is 28.8 Å². The summed E-state index contributed by atoms with van der Waals surface area (Å²) in [6.45, 7) is 0.698. The number of rotatable bonds is 3. The maximum absolute atomic E-state index is 13.2. The van der Waals surface area contributed by atoms with Crippen LogP contribution < -0.4 is 10.5 Å². The molecule has 0 unspecified atom stereocenters. The highest BCUT2D eigenvalue weighted by molar-refractivity contribution is 7.89. The number of ether oxygens (including phenoxy) is 1. The molecule has 1 fully saturated rings. The number of carbonyl (C=O) groups is 1. The molecule has 0 spiro atoms. The summed E-state index contributed by atoms with van der Waals surface area (Å²) in [7, 11) is -3.74. The molecule has 5 rings (SSSR count). The molecule has 32 heavy (non-hydrogen) atoms. The molecule has 2 aliphatic heterocycles. The predicted octanol–water partition coefficient (Wildman–Crippen LogP) is 3.76. The van der Waals surface area contributed by atoms with Gasteiger partial charge in [-0.3, -0.25) is 4.90 Å². The molecule has 1 aromatic heterocycles. The summed E-state index contributed by atoms with van der Waals surface area (Å²) in [6, 6.07) is 12.4. The number of cyclic esters (lactones) is 1. The van der Waals surface area contributed by atoms with Gasteiger partial charge in [0, 0.05) is 41.2 Å². The molecule has 0 saturated carbocycles. The molecule has 166 valence electrons. The van der Waals surface area contributed by atoms with Crippen LogP contribution in [-0.2, 0) is 21.4 Å². The Morgan fingerprint density at radius 3 is 2.53 bits per heavy atom. The molecule has 2 aromatic carbocycles. The first kappa shape index (κ1) is 21.0. The third-order valence-electron chi connectivity index (χ3n) is 5.87. The second kappa shape index (κ2) is 7.91. The Hall–Kier alpha value is -2.88. The number of sulfonamides is 1. The van der Waals surface area contributed by atoms with Crippen LogP contribution in [0.4, 0.5) is 10.5 Å². The van der Waals surface area contributed by atoms with Crippen LogP contribution in [0.15, 0.2) is 62.6 Å². The number of nitrogens with zero attached hydrogens (tertiary/aromatic N) is 2. The van der Waals surface area contributed by atoms with Crippen LogP contribution in [0.25, 0.3) is 11.0 Å². The Bertz CT molecular complexity index is 1380. The molecular weight excluding hydrogens is 456 g/mol. The molecule has 0 aliphatic carbocycles. The molecule has 8 nitrogen and oxygen atoms in total. The van der Waals surface area contributed by atoms with Crippen molar-refractivity contribution in [1.82, 2.24) is 4.31 Å². The van der Waals surface area contributed by atoms with Gasteiger partial charge in [-0.05, 0) is 55.3 Å². The highest BCUT2D eigenvalue weighted by atomic mass is 35.5. The van der Waals surface area contributed by atoms with E-state index >= 15 is 0 Å². The van der Waals surface area contributed by atoms with Crippen molar-refractivity contribution < 1.29 is 22.4 Å². The van der Waals surface area contributed by atoms with Gasteiger partial charge in [-0.1, -0.05) is 11.6 Å². The summed E-state index contributed by atoms with van der Waals surface area (Å²) in [6.07, 6.45) is 0.509. The zero-order valence-electron chi connectivity index (χ0n) is 16.9. The van der Waals surface area contributed by atoms with Crippen molar-refractivity contribution in [3.63, 3.8) is 0 Å². The molecule has 0 N–H and O–H groups in total. The zero-order valence-corrected chi connectivity index (χ0v) is 18.4. The molecule has 0 radical (unpaired) electrons. The van der Waals surface area contributed by atoms with Crippen molar-refractivity contribution >= 4 is 44.4 Å². The van der Waals surface area contributed by atoms with E-state index in [1.807, 2.05) is 0 Å². The van der Waals surface area contributed by atoms with E-state index < -0.39 is 21.7 Å². The second-order valence-corrected chi connectivity index (χ2v) is 10.2. The van der Waals surface area contributed by atoms with Crippen molar-refractivity contribution in [1.29, 1.82) is 0 Å². The number of piperidine rings is 1. The first-order chi connectivity index (χ1) is 15.3. The van der Waals surface area contributed by atoms with E-state index in [1.54, 1.807) is 23.1 Å². The number of carbonyl (C=O) groups excluding carboxylic acids is 1. The van der Waals surface area contributed by atoms with Gasteiger partial charge in [-0.2, -0.15) is 4.31 Å². The van der Waals surface area contributed by atoms with Gasteiger partial charge in [0.1, 0.15) is 12.2 Å². The van der Waals surface area contributed by atoms with E-state index in [0.717, 1.165) is 11.3 Å². The minimum Gasteiger partial charge on any atom is -0.444 e. The van der Waals surface area contributed by atoms with Crippen LogP contribution in [0.3, 0.4) is 0 Å². The smallest absolute Gasteiger partial charge is 0.414 e. The van der Waals surface area contributed by atoms with Crippen molar-refractivity contribution in [3.8, 4) is 0 Å². The number of amides is 1. The van der Waals surface area contributed by atoms with E-state index in [9.17, 15) is 18.0 Å². The largest absolute Gasteiger partial charge is 0.444 e. The second-order valence-electron chi connectivity index (χ2n) is 7.79. The Kier molecular flexibility index (Phi) is 5.19. The van der Waals surface area contributed by atoms with E-state index in [2.05, 4.69) is 0 Å². The lowest BCUT2D eigenvalue weighted by molar-refractivity contribution is 0.136. The third-order valence-corrected chi connectivity index (χ3v) is 8.00. The predicted molar refractivity (Wildman–Crippen MR) is 118 cm³/mol. The summed E-state index contributed by atoms with van der Waals surface area (Å²) in [4.78, 5) is 25.6. The van der Waals surface area contributed by atoms with Crippen LogP contribution in [0, 0.1) is 0 Å². The summed E-state index contributed by atoms with van der Waals surface area (Å²) >= 11 is 6.06. The van der Waals surface area contributed by atoms with Gasteiger partial charge >= 0.3 is 11.7 Å². The Labute approximate surface area is 189 Å². The van der Waals surface area contributed by atoms with Gasteiger partial charge in [-0.15, -0.1) is 0 Å². The first-order valence-electron chi connectivity index (χ1n) is 10.1. The van der Waals surface area contributed by atoms with Crippen molar-refractivity contribution in [2.75, 3.05) is 18.0 Å². The fourth-order valence-electron chi connectivity index (χ4n) is 4.26. The SMILES string of the molecule is O=C1OCc2cc(Cl)ccc2N1C1CCN(S(=O)(=O)c2ccc3oc(=O)ccc3c2)CC1. The number of halogens is 1. The Morgan fingerprint density at radius 2 is 1.75 bits per heavy atom. The Morgan fingerprint density at radius 1 is 0.969 bits per heavy atom. The summed E-state index contributed by atoms with van der Waals surface area (Å²) in [5, 5.41) is 1.10. The lowest BCUT2D eigenvalue weighted by Crippen LogP contribution is -2.50. The first-order valence-corrected chi connectivity index (χ1v) is 11.9. The molecule has 3 heterocycles. The zero-order chi connectivity index (χ0) is 22.5. The lowest BCUT2D eigenvalue weighted by Gasteiger charge is -2.39. The molecule has 2 aliphatic rings. The fourth-order valence-corrected chi connectivity index (χ4v) is 5.96. The Balaban J connectivity index is 1.36. The van der Waals surface area contributed by atoms with Gasteiger partial charge in [0.25, 0.3) is 0 Å². The topological polar surface area (TPSA) is 97.1 Å². The summed E-state index contributed by atoms with van der Waals surface area (Å²) in [5.74, 6) is 0. The highest BCUT2D eigenvalue weighted by Gasteiger charge is 2.37. The van der Waals surface area contributed by atoms with Crippen LogP contribution in [0.1, 0.15) is 18.4 Å². The minimum absolute atomic E-state index is 0.134. The number of fused-ring (bicyclic) bond motifs is 2. The number of anilines is 1. The lowest BCUT2D eigenvalue weighted by atomic mass is 10.0. The van der Waals surface area contributed by atoms with Gasteiger partial charge in [-0.25, -0.2) is 18.0 Å². The molecule has 0 bridgehead atoms. The maximum atomic E-state index is 13.2. The van der Waals surface area contributed by atoms with E-state index in [-0.39, 0.29) is 30.6 Å². The van der Waals surface area contributed by atoms with Gasteiger partial charge < -0.3 is 9.15 Å². The molecule has 1 amide bonds. The quantitative estimate of drug-likeness (QED) is 0.536. The van der Waals surface area contributed by atoms with E-state index in [4.69, 9.17) is 20.8 Å². The fraction of sp³-hybridized carbons (Fsp3) is 0.273. The average molecular weight is 475 g/mol. The summed E-state index contributed by atoms with van der Waals surface area (Å²) in [5.41, 5.74) is 1.42. The van der Waals surface area contributed by atoms with Crippen LogP contribution in [0.2, 0.25) is 5.02 Å². The molecule has 1 saturated heterocycles. The number of hydrogen-bond acceptors (Lipinski definition) is 6. The van der Waals surface area contributed by atoms with Crippen molar-refractivity contribution in [2.24, 2.45) is 0 Å². The van der Waals surface area contributed by atoms with Crippen molar-refractivity contribution in [2.45, 2.75) is 30.4 Å². The average Bonchev–Trinajstić information content (AvgIpc) is 2.79. The molecular formula is C22H19ClN2O6S. The highest BCUT2D eigenvalue weighted by Crippen LogP contribution is 2.34. The minimum atomic E-state index is -3.74. The van der Waals surface area contributed by atoms with Gasteiger partial charge in [0.2, 0.25) is 10.0 Å². The molecule has 3 aromatic rings. The standard InChI is InChI=1S/C22H19ClN2O6S/c23-16-2-4-19-15(11-16)13-30-22(27)25(19)17-7-9-24(10-8-17)32(28,29)18-3-5-20-14(12-18)1-6-21(26)31-20/h1-6,11-12,17H,7-10,13H2. The van der Waals surface area contributed by atoms with Crippen LogP contribution >= 0.6 is 11.6 Å². The van der Waals surface area contributed by atoms with Crippen LogP contribution in [0.5, 0.6) is 0 Å². The van der Waals surface area contributed by atoms with Gasteiger partial charge in [0.15, 0.2) is 0 Å². The molecule has 10 heteroatoms.